The molecule has 0 saturated heterocycles. The van der Waals surface area contributed by atoms with Crippen molar-refractivity contribution in [2.75, 3.05) is 6.54 Å². The van der Waals surface area contributed by atoms with E-state index in [1.54, 1.807) is 26.8 Å². The molecule has 15 heavy (non-hydrogen) atoms. The van der Waals surface area contributed by atoms with Gasteiger partial charge >= 0.3 is 0 Å². The molecule has 0 amide bonds. The number of benzene rings is 1. The Morgan fingerprint density at radius 2 is 2.00 bits per heavy atom. The first kappa shape index (κ1) is 11.9. The largest absolute Gasteiger partial charge is 0.329 e. The third kappa shape index (κ3) is 2.63. The molecule has 2 N–H and O–H groups in total. The van der Waals surface area contributed by atoms with Crippen molar-refractivity contribution >= 4 is 5.78 Å². The number of carbonyl (C=O) groups excluding carboxylic acids is 1. The quantitative estimate of drug-likeness (QED) is 0.776. The lowest BCUT2D eigenvalue weighted by Gasteiger charge is -2.20. The minimum Gasteiger partial charge on any atom is -0.329 e. The maximum Gasteiger partial charge on any atom is 0.169 e. The summed E-state index contributed by atoms with van der Waals surface area (Å²) in [6, 6.07) is 4.34. The second-order valence-corrected chi connectivity index (χ2v) is 4.43. The highest BCUT2D eigenvalue weighted by molar-refractivity contribution is 6.00. The van der Waals surface area contributed by atoms with E-state index in [1.165, 1.54) is 12.1 Å². The Bertz CT molecular complexity index is 365. The Morgan fingerprint density at radius 1 is 1.40 bits per heavy atom. The van der Waals surface area contributed by atoms with Crippen LogP contribution in [0.2, 0.25) is 0 Å². The summed E-state index contributed by atoms with van der Waals surface area (Å²) in [5.74, 6) is -0.501. The lowest BCUT2D eigenvalue weighted by molar-refractivity contribution is 0.0847. The first-order valence-electron chi connectivity index (χ1n) is 4.89. The minimum absolute atomic E-state index is 0.118. The Kier molecular flexibility index (Phi) is 3.25. The van der Waals surface area contributed by atoms with E-state index in [4.69, 9.17) is 5.73 Å². The summed E-state index contributed by atoms with van der Waals surface area (Å²) >= 11 is 0. The smallest absolute Gasteiger partial charge is 0.169 e. The number of carbonyl (C=O) groups is 1. The van der Waals surface area contributed by atoms with Gasteiger partial charge in [0.1, 0.15) is 5.82 Å². The lowest BCUT2D eigenvalue weighted by atomic mass is 9.84. The highest BCUT2D eigenvalue weighted by Gasteiger charge is 2.27. The van der Waals surface area contributed by atoms with Crippen LogP contribution in [-0.2, 0) is 0 Å². The molecular weight excluding hydrogens is 193 g/mol. The first-order chi connectivity index (χ1) is 6.86. The van der Waals surface area contributed by atoms with E-state index in [2.05, 4.69) is 0 Å². The molecule has 0 heterocycles. The Labute approximate surface area is 89.3 Å². The van der Waals surface area contributed by atoms with E-state index >= 15 is 0 Å². The van der Waals surface area contributed by atoms with E-state index in [1.807, 2.05) is 0 Å². The molecular formula is C12H16FNO. The van der Waals surface area contributed by atoms with Crippen LogP contribution in [0.5, 0.6) is 0 Å². The van der Waals surface area contributed by atoms with Gasteiger partial charge in [0, 0.05) is 17.5 Å². The van der Waals surface area contributed by atoms with Crippen molar-refractivity contribution in [3.05, 3.63) is 35.1 Å². The van der Waals surface area contributed by atoms with Crippen molar-refractivity contribution in [1.82, 2.24) is 0 Å². The van der Waals surface area contributed by atoms with Crippen LogP contribution >= 0.6 is 0 Å². The average molecular weight is 209 g/mol. The molecule has 1 aromatic carbocycles. The number of ketones is 1. The molecule has 0 unspecified atom stereocenters. The summed E-state index contributed by atoms with van der Waals surface area (Å²) in [5.41, 5.74) is 6.00. The van der Waals surface area contributed by atoms with Gasteiger partial charge in [0.2, 0.25) is 0 Å². The summed E-state index contributed by atoms with van der Waals surface area (Å²) in [7, 11) is 0. The van der Waals surface area contributed by atoms with Crippen molar-refractivity contribution in [1.29, 1.82) is 0 Å². The van der Waals surface area contributed by atoms with E-state index in [0.29, 0.717) is 5.56 Å². The fraction of sp³-hybridized carbons (Fsp3) is 0.417. The number of nitrogens with two attached hydrogens (primary N) is 1. The molecule has 0 spiro atoms. The third-order valence-corrected chi connectivity index (χ3v) is 2.43. The zero-order valence-corrected chi connectivity index (χ0v) is 9.30. The fourth-order valence-corrected chi connectivity index (χ4v) is 1.35. The van der Waals surface area contributed by atoms with Crippen LogP contribution in [0.25, 0.3) is 0 Å². The predicted molar refractivity (Wildman–Crippen MR) is 58.3 cm³/mol. The molecule has 2 nitrogen and oxygen atoms in total. The highest BCUT2D eigenvalue weighted by Crippen LogP contribution is 2.21. The van der Waals surface area contributed by atoms with E-state index in [-0.39, 0.29) is 18.1 Å². The number of rotatable bonds is 3. The van der Waals surface area contributed by atoms with Crippen molar-refractivity contribution in [2.45, 2.75) is 20.8 Å². The summed E-state index contributed by atoms with van der Waals surface area (Å²) in [4.78, 5) is 12.0. The van der Waals surface area contributed by atoms with Crippen molar-refractivity contribution in [2.24, 2.45) is 11.1 Å². The molecule has 0 aliphatic carbocycles. The molecule has 0 fully saturated rings. The van der Waals surface area contributed by atoms with E-state index in [9.17, 15) is 9.18 Å². The van der Waals surface area contributed by atoms with Gasteiger partial charge in [-0.1, -0.05) is 13.8 Å². The number of aryl methyl sites for hydroxylation is 1. The predicted octanol–water partition coefficient (Wildman–Crippen LogP) is 2.30. The average Bonchev–Trinajstić information content (AvgIpc) is 2.15. The molecule has 0 radical (unpaired) electrons. The Morgan fingerprint density at radius 3 is 2.47 bits per heavy atom. The molecule has 0 bridgehead atoms. The van der Waals surface area contributed by atoms with E-state index < -0.39 is 5.41 Å². The van der Waals surface area contributed by atoms with Crippen LogP contribution in [0.15, 0.2) is 18.2 Å². The third-order valence-electron chi connectivity index (χ3n) is 2.43. The Hall–Kier alpha value is -1.22. The van der Waals surface area contributed by atoms with Gasteiger partial charge in [-0.25, -0.2) is 4.39 Å². The van der Waals surface area contributed by atoms with Crippen LogP contribution in [0.1, 0.15) is 29.8 Å². The van der Waals surface area contributed by atoms with Crippen molar-refractivity contribution in [3.8, 4) is 0 Å². The number of hydrogen-bond donors (Lipinski definition) is 1. The van der Waals surface area contributed by atoms with Crippen LogP contribution in [0, 0.1) is 18.2 Å². The molecule has 1 aromatic rings. The first-order valence-corrected chi connectivity index (χ1v) is 4.89. The number of Topliss-reactive ketones (excluding diaryl/α,β-unsaturated/α-hetero) is 1. The summed E-state index contributed by atoms with van der Waals surface area (Å²) in [5, 5.41) is 0. The molecule has 82 valence electrons. The summed E-state index contributed by atoms with van der Waals surface area (Å²) in [6.45, 7) is 5.53. The molecule has 0 aliphatic rings. The minimum atomic E-state index is -0.639. The van der Waals surface area contributed by atoms with Crippen molar-refractivity contribution < 1.29 is 9.18 Å². The zero-order valence-electron chi connectivity index (χ0n) is 9.30. The second kappa shape index (κ2) is 4.11. The lowest BCUT2D eigenvalue weighted by Crippen LogP contribution is -2.32. The van der Waals surface area contributed by atoms with Gasteiger partial charge in [-0.05, 0) is 30.7 Å². The standard InChI is InChI=1S/C12H16FNO/c1-8-4-9(6-10(13)5-8)11(15)12(2,3)7-14/h4-6H,7,14H2,1-3H3. The summed E-state index contributed by atoms with van der Waals surface area (Å²) < 4.78 is 13.1. The Balaban J connectivity index is 3.12. The van der Waals surface area contributed by atoms with Gasteiger partial charge in [0.25, 0.3) is 0 Å². The van der Waals surface area contributed by atoms with Gasteiger partial charge in [0.15, 0.2) is 5.78 Å². The summed E-state index contributed by atoms with van der Waals surface area (Å²) in [6.07, 6.45) is 0. The van der Waals surface area contributed by atoms with Crippen LogP contribution < -0.4 is 5.73 Å². The maximum atomic E-state index is 13.1. The van der Waals surface area contributed by atoms with Crippen LogP contribution in [-0.4, -0.2) is 12.3 Å². The van der Waals surface area contributed by atoms with Crippen molar-refractivity contribution in [3.63, 3.8) is 0 Å². The van der Waals surface area contributed by atoms with Crippen LogP contribution in [0.4, 0.5) is 4.39 Å². The van der Waals surface area contributed by atoms with Gasteiger partial charge in [-0.3, -0.25) is 4.79 Å². The molecule has 3 heteroatoms. The number of halogens is 1. The number of hydrogen-bond acceptors (Lipinski definition) is 2. The van der Waals surface area contributed by atoms with Gasteiger partial charge < -0.3 is 5.73 Å². The van der Waals surface area contributed by atoms with E-state index in [0.717, 1.165) is 5.56 Å². The molecule has 0 atom stereocenters. The highest BCUT2D eigenvalue weighted by atomic mass is 19.1. The van der Waals surface area contributed by atoms with Gasteiger partial charge in [-0.15, -0.1) is 0 Å². The second-order valence-electron chi connectivity index (χ2n) is 4.43. The molecule has 0 aliphatic heterocycles. The van der Waals surface area contributed by atoms with Gasteiger partial charge in [0.05, 0.1) is 0 Å². The zero-order chi connectivity index (χ0) is 11.6. The molecule has 0 saturated carbocycles. The molecule has 1 rings (SSSR count). The monoisotopic (exact) mass is 209 g/mol. The molecule has 0 aromatic heterocycles. The van der Waals surface area contributed by atoms with Crippen LogP contribution in [0.3, 0.4) is 0 Å². The normalized spacial score (nSPS) is 11.5. The topological polar surface area (TPSA) is 43.1 Å². The maximum absolute atomic E-state index is 13.1. The SMILES string of the molecule is Cc1cc(F)cc(C(=O)C(C)(C)CN)c1. The fourth-order valence-electron chi connectivity index (χ4n) is 1.35. The van der Waals surface area contributed by atoms with Gasteiger partial charge in [-0.2, -0.15) is 0 Å².